The van der Waals surface area contributed by atoms with Gasteiger partial charge in [-0.05, 0) is 18.9 Å². The van der Waals surface area contributed by atoms with Crippen LogP contribution in [0.4, 0.5) is 4.79 Å². The topological polar surface area (TPSA) is 67.8 Å². The maximum absolute atomic E-state index is 11.6. The Labute approximate surface area is 144 Å². The Kier molecular flexibility index (Phi) is 8.01. The molecule has 6 heteroatoms. The van der Waals surface area contributed by atoms with Crippen molar-refractivity contribution in [1.29, 1.82) is 0 Å². The highest BCUT2D eigenvalue weighted by atomic mass is 16.3. The van der Waals surface area contributed by atoms with Crippen LogP contribution in [0.25, 0.3) is 0 Å². The molecule has 1 saturated heterocycles. The molecule has 24 heavy (non-hydrogen) atoms. The molecule has 0 saturated carbocycles. The predicted octanol–water partition coefficient (Wildman–Crippen LogP) is 0.874. The van der Waals surface area contributed by atoms with Gasteiger partial charge in [0.15, 0.2) is 0 Å². The van der Waals surface area contributed by atoms with Gasteiger partial charge in [0.25, 0.3) is 0 Å². The summed E-state index contributed by atoms with van der Waals surface area (Å²) >= 11 is 0. The van der Waals surface area contributed by atoms with E-state index in [9.17, 15) is 4.79 Å². The largest absolute Gasteiger partial charge is 0.393 e. The van der Waals surface area contributed by atoms with E-state index in [1.165, 1.54) is 5.56 Å². The zero-order chi connectivity index (χ0) is 17.2. The molecule has 0 radical (unpaired) electrons. The van der Waals surface area contributed by atoms with Gasteiger partial charge in [0.2, 0.25) is 0 Å². The van der Waals surface area contributed by atoms with Crippen LogP contribution < -0.4 is 10.6 Å². The van der Waals surface area contributed by atoms with Gasteiger partial charge in [-0.15, -0.1) is 0 Å². The molecule has 0 bridgehead atoms. The molecule has 134 valence electrons. The van der Waals surface area contributed by atoms with E-state index in [2.05, 4.69) is 50.8 Å². The Morgan fingerprint density at radius 1 is 1.08 bits per heavy atom. The molecule has 1 unspecified atom stereocenters. The minimum Gasteiger partial charge on any atom is -0.393 e. The van der Waals surface area contributed by atoms with E-state index in [1.54, 1.807) is 6.92 Å². The van der Waals surface area contributed by atoms with Gasteiger partial charge in [0, 0.05) is 52.4 Å². The minimum atomic E-state index is -0.377. The lowest BCUT2D eigenvalue weighted by molar-refractivity contribution is 0.128. The quantitative estimate of drug-likeness (QED) is 0.660. The lowest BCUT2D eigenvalue weighted by atomic mass is 10.2. The molecule has 6 nitrogen and oxygen atoms in total. The van der Waals surface area contributed by atoms with E-state index in [4.69, 9.17) is 5.11 Å². The molecule has 1 atom stereocenters. The predicted molar refractivity (Wildman–Crippen MR) is 95.9 cm³/mol. The fourth-order valence-corrected chi connectivity index (χ4v) is 2.80. The van der Waals surface area contributed by atoms with Crippen molar-refractivity contribution >= 4 is 6.03 Å². The van der Waals surface area contributed by atoms with Gasteiger partial charge in [-0.25, -0.2) is 4.79 Å². The molecule has 1 aliphatic heterocycles. The van der Waals surface area contributed by atoms with E-state index in [0.29, 0.717) is 19.5 Å². The Balaban J connectivity index is 1.54. The molecule has 2 amide bonds. The standard InChI is InChI=1S/C18H30N4O2/c1-16(23)7-8-19-18(24)20-9-10-21-11-13-22(14-12-21)15-17-5-3-2-4-6-17/h2-6,16,23H,7-15H2,1H3,(H2,19,20,24). The van der Waals surface area contributed by atoms with Crippen LogP contribution in [0.1, 0.15) is 18.9 Å². The molecular weight excluding hydrogens is 304 g/mol. The Bertz CT molecular complexity index is 473. The molecule has 0 spiro atoms. The van der Waals surface area contributed by atoms with E-state index in [1.807, 2.05) is 0 Å². The Morgan fingerprint density at radius 3 is 2.38 bits per heavy atom. The van der Waals surface area contributed by atoms with Crippen molar-refractivity contribution in [3.63, 3.8) is 0 Å². The van der Waals surface area contributed by atoms with Crippen LogP contribution >= 0.6 is 0 Å². The van der Waals surface area contributed by atoms with Crippen molar-refractivity contribution in [2.45, 2.75) is 26.0 Å². The zero-order valence-electron chi connectivity index (χ0n) is 14.6. The van der Waals surface area contributed by atoms with Crippen LogP contribution in [0.2, 0.25) is 0 Å². The van der Waals surface area contributed by atoms with Crippen LogP contribution in [-0.2, 0) is 6.54 Å². The highest BCUT2D eigenvalue weighted by Gasteiger charge is 2.16. The second kappa shape index (κ2) is 10.3. The van der Waals surface area contributed by atoms with Crippen LogP contribution in [0.15, 0.2) is 30.3 Å². The third-order valence-electron chi connectivity index (χ3n) is 4.28. The van der Waals surface area contributed by atoms with Gasteiger partial charge in [0.1, 0.15) is 0 Å². The number of piperazine rings is 1. The summed E-state index contributed by atoms with van der Waals surface area (Å²) in [6.07, 6.45) is 0.203. The number of aliphatic hydroxyl groups excluding tert-OH is 1. The smallest absolute Gasteiger partial charge is 0.314 e. The average Bonchev–Trinajstić information content (AvgIpc) is 2.57. The molecule has 3 N–H and O–H groups in total. The van der Waals surface area contributed by atoms with Gasteiger partial charge >= 0.3 is 6.03 Å². The van der Waals surface area contributed by atoms with Crippen LogP contribution in [0.5, 0.6) is 0 Å². The molecule has 0 aromatic heterocycles. The SMILES string of the molecule is CC(O)CCNC(=O)NCCN1CCN(Cc2ccccc2)CC1. The van der Waals surface area contributed by atoms with Crippen LogP contribution in [-0.4, -0.2) is 72.9 Å². The summed E-state index contributed by atoms with van der Waals surface area (Å²) < 4.78 is 0. The summed E-state index contributed by atoms with van der Waals surface area (Å²) in [4.78, 5) is 16.5. The summed E-state index contributed by atoms with van der Waals surface area (Å²) in [5.41, 5.74) is 1.36. The molecule has 1 aromatic carbocycles. The van der Waals surface area contributed by atoms with E-state index >= 15 is 0 Å². The fourth-order valence-electron chi connectivity index (χ4n) is 2.80. The highest BCUT2D eigenvalue weighted by Crippen LogP contribution is 2.07. The Morgan fingerprint density at radius 2 is 1.71 bits per heavy atom. The Hall–Kier alpha value is -1.63. The molecule has 2 rings (SSSR count). The number of nitrogens with zero attached hydrogens (tertiary/aromatic N) is 2. The van der Waals surface area contributed by atoms with Crippen molar-refractivity contribution in [2.75, 3.05) is 45.8 Å². The van der Waals surface area contributed by atoms with Gasteiger partial charge in [-0.2, -0.15) is 0 Å². The van der Waals surface area contributed by atoms with Gasteiger partial charge in [0.05, 0.1) is 6.10 Å². The van der Waals surface area contributed by atoms with Crippen molar-refractivity contribution in [3.05, 3.63) is 35.9 Å². The summed E-state index contributed by atoms with van der Waals surface area (Å²) in [6.45, 7) is 8.97. The van der Waals surface area contributed by atoms with E-state index < -0.39 is 0 Å². The number of carbonyl (C=O) groups is 1. The summed E-state index contributed by atoms with van der Waals surface area (Å²) in [6, 6.07) is 10.4. The number of hydrogen-bond acceptors (Lipinski definition) is 4. The van der Waals surface area contributed by atoms with E-state index in [0.717, 1.165) is 39.3 Å². The summed E-state index contributed by atoms with van der Waals surface area (Å²) in [5, 5.41) is 14.8. The zero-order valence-corrected chi connectivity index (χ0v) is 14.6. The number of carbonyl (C=O) groups excluding carboxylic acids is 1. The molecule has 0 aliphatic carbocycles. The van der Waals surface area contributed by atoms with Crippen molar-refractivity contribution in [2.24, 2.45) is 0 Å². The fraction of sp³-hybridized carbons (Fsp3) is 0.611. The highest BCUT2D eigenvalue weighted by molar-refractivity contribution is 5.73. The molecule has 1 aromatic rings. The van der Waals surface area contributed by atoms with Crippen LogP contribution in [0.3, 0.4) is 0 Å². The summed E-state index contributed by atoms with van der Waals surface area (Å²) in [7, 11) is 0. The van der Waals surface area contributed by atoms with Gasteiger partial charge in [-0.1, -0.05) is 30.3 Å². The molecular formula is C18H30N4O2. The number of hydrogen-bond donors (Lipinski definition) is 3. The van der Waals surface area contributed by atoms with E-state index in [-0.39, 0.29) is 12.1 Å². The van der Waals surface area contributed by atoms with Crippen molar-refractivity contribution in [1.82, 2.24) is 20.4 Å². The number of urea groups is 1. The second-order valence-corrected chi connectivity index (χ2v) is 6.42. The monoisotopic (exact) mass is 334 g/mol. The minimum absolute atomic E-state index is 0.154. The lowest BCUT2D eigenvalue weighted by Gasteiger charge is -2.34. The number of benzene rings is 1. The number of aliphatic hydroxyl groups is 1. The number of rotatable bonds is 8. The maximum Gasteiger partial charge on any atom is 0.314 e. The summed E-state index contributed by atoms with van der Waals surface area (Å²) in [5.74, 6) is 0. The normalized spacial score (nSPS) is 17.4. The lowest BCUT2D eigenvalue weighted by Crippen LogP contribution is -2.48. The third-order valence-corrected chi connectivity index (χ3v) is 4.28. The maximum atomic E-state index is 11.6. The number of nitrogens with one attached hydrogen (secondary N) is 2. The first-order chi connectivity index (χ1) is 11.6. The van der Waals surface area contributed by atoms with Gasteiger partial charge in [-0.3, -0.25) is 9.80 Å². The molecule has 1 fully saturated rings. The second-order valence-electron chi connectivity index (χ2n) is 6.42. The first-order valence-electron chi connectivity index (χ1n) is 8.82. The average molecular weight is 334 g/mol. The molecule has 1 heterocycles. The van der Waals surface area contributed by atoms with Gasteiger partial charge < -0.3 is 15.7 Å². The number of amides is 2. The third kappa shape index (κ3) is 7.29. The van der Waals surface area contributed by atoms with Crippen LogP contribution in [0, 0.1) is 0 Å². The molecule has 1 aliphatic rings. The van der Waals surface area contributed by atoms with Crippen molar-refractivity contribution in [3.8, 4) is 0 Å². The van der Waals surface area contributed by atoms with Crippen molar-refractivity contribution < 1.29 is 9.90 Å². The first kappa shape index (κ1) is 18.7. The first-order valence-corrected chi connectivity index (χ1v) is 8.82.